The molecule has 6 heteroatoms. The van der Waals surface area contributed by atoms with Crippen molar-refractivity contribution in [3.63, 3.8) is 0 Å². The van der Waals surface area contributed by atoms with Crippen LogP contribution in [0.15, 0.2) is 48.5 Å². The fourth-order valence-corrected chi connectivity index (χ4v) is 4.94. The standard InChI is InChI=1S/C22H23FN2O3/c1-27-17-8-7-16(18(23)11-17)13-24-10-9-22-20(24)12-21(26)25(22)14-19(28-22)15-5-3-2-4-6-15/h2-8,11,19-20H,9-10,12-14H2,1H3/t19-,20+,22-/m0/s1. The number of likely N-dealkylation sites (tertiary alicyclic amines) is 1. The minimum atomic E-state index is -0.583. The van der Waals surface area contributed by atoms with Crippen molar-refractivity contribution in [1.82, 2.24) is 9.80 Å². The van der Waals surface area contributed by atoms with Crippen molar-refractivity contribution in [3.8, 4) is 5.75 Å². The molecule has 3 saturated heterocycles. The molecule has 28 heavy (non-hydrogen) atoms. The lowest BCUT2D eigenvalue weighted by Crippen LogP contribution is -2.47. The van der Waals surface area contributed by atoms with Crippen molar-refractivity contribution < 1.29 is 18.7 Å². The smallest absolute Gasteiger partial charge is 0.226 e. The van der Waals surface area contributed by atoms with Crippen molar-refractivity contribution in [2.75, 3.05) is 20.2 Å². The third-order valence-corrected chi connectivity index (χ3v) is 6.34. The molecular weight excluding hydrogens is 359 g/mol. The Morgan fingerprint density at radius 2 is 2.07 bits per heavy atom. The molecule has 3 atom stereocenters. The first-order chi connectivity index (χ1) is 13.6. The Hall–Kier alpha value is -2.44. The van der Waals surface area contributed by atoms with Gasteiger partial charge in [0.05, 0.1) is 19.7 Å². The molecule has 3 fully saturated rings. The van der Waals surface area contributed by atoms with Crippen LogP contribution in [0.3, 0.4) is 0 Å². The first kappa shape index (κ1) is 17.6. The van der Waals surface area contributed by atoms with Crippen LogP contribution in [0.1, 0.15) is 30.1 Å². The summed E-state index contributed by atoms with van der Waals surface area (Å²) in [6.07, 6.45) is 1.08. The van der Waals surface area contributed by atoms with E-state index in [0.717, 1.165) is 18.5 Å². The predicted molar refractivity (Wildman–Crippen MR) is 101 cm³/mol. The summed E-state index contributed by atoms with van der Waals surface area (Å²) in [6.45, 7) is 1.83. The average molecular weight is 382 g/mol. The van der Waals surface area contributed by atoms with Crippen molar-refractivity contribution in [2.24, 2.45) is 0 Å². The third-order valence-electron chi connectivity index (χ3n) is 6.34. The van der Waals surface area contributed by atoms with Gasteiger partial charge in [-0.2, -0.15) is 0 Å². The minimum absolute atomic E-state index is 0.0461. The highest BCUT2D eigenvalue weighted by atomic mass is 19.1. The topological polar surface area (TPSA) is 42.0 Å². The fourth-order valence-electron chi connectivity index (χ4n) is 4.94. The number of hydrogen-bond donors (Lipinski definition) is 0. The molecule has 3 heterocycles. The second-order valence-corrected chi connectivity index (χ2v) is 7.76. The van der Waals surface area contributed by atoms with Gasteiger partial charge in [0, 0.05) is 37.6 Å². The molecule has 1 spiro atoms. The molecule has 5 nitrogen and oxygen atoms in total. The van der Waals surface area contributed by atoms with E-state index < -0.39 is 5.72 Å². The van der Waals surface area contributed by atoms with Crippen LogP contribution < -0.4 is 4.74 Å². The van der Waals surface area contributed by atoms with E-state index in [4.69, 9.17) is 9.47 Å². The van der Waals surface area contributed by atoms with Gasteiger partial charge in [0.1, 0.15) is 17.7 Å². The summed E-state index contributed by atoms with van der Waals surface area (Å²) in [5.74, 6) is 0.352. The van der Waals surface area contributed by atoms with E-state index in [2.05, 4.69) is 4.90 Å². The lowest BCUT2D eigenvalue weighted by Gasteiger charge is -2.32. The molecule has 3 aliphatic heterocycles. The van der Waals surface area contributed by atoms with Crippen LogP contribution in [0.5, 0.6) is 5.75 Å². The number of hydrogen-bond acceptors (Lipinski definition) is 4. The monoisotopic (exact) mass is 382 g/mol. The molecule has 0 aromatic heterocycles. The summed E-state index contributed by atoms with van der Waals surface area (Å²) in [5, 5.41) is 0. The van der Waals surface area contributed by atoms with Gasteiger partial charge in [-0.1, -0.05) is 36.4 Å². The van der Waals surface area contributed by atoms with E-state index in [1.54, 1.807) is 12.1 Å². The van der Waals surface area contributed by atoms with Crippen LogP contribution in [-0.4, -0.2) is 47.7 Å². The molecule has 0 aliphatic carbocycles. The summed E-state index contributed by atoms with van der Waals surface area (Å²) in [4.78, 5) is 16.8. The van der Waals surface area contributed by atoms with Crippen LogP contribution in [0.4, 0.5) is 4.39 Å². The van der Waals surface area contributed by atoms with Gasteiger partial charge in [-0.05, 0) is 11.6 Å². The molecule has 0 radical (unpaired) electrons. The Labute approximate surface area is 163 Å². The Morgan fingerprint density at radius 3 is 2.82 bits per heavy atom. The van der Waals surface area contributed by atoms with Crippen LogP contribution in [0.25, 0.3) is 0 Å². The lowest BCUT2D eigenvalue weighted by molar-refractivity contribution is -0.138. The number of carbonyl (C=O) groups excluding carboxylic acids is 1. The number of ether oxygens (including phenoxy) is 2. The molecular formula is C22H23FN2O3. The number of benzene rings is 2. The molecule has 1 amide bonds. The van der Waals surface area contributed by atoms with Crippen LogP contribution in [0, 0.1) is 5.82 Å². The maximum atomic E-state index is 14.4. The SMILES string of the molecule is COc1ccc(CN2CC[C@@]34O[C@H](c5ccccc5)CN3C(=O)C[C@@H]24)c(F)c1. The Kier molecular flexibility index (Phi) is 4.14. The van der Waals surface area contributed by atoms with Gasteiger partial charge >= 0.3 is 0 Å². The van der Waals surface area contributed by atoms with E-state index in [1.807, 2.05) is 35.2 Å². The molecule has 2 aromatic rings. The van der Waals surface area contributed by atoms with Crippen molar-refractivity contribution in [3.05, 3.63) is 65.5 Å². The highest BCUT2D eigenvalue weighted by Gasteiger charge is 2.63. The van der Waals surface area contributed by atoms with Gasteiger partial charge in [-0.25, -0.2) is 4.39 Å². The van der Waals surface area contributed by atoms with E-state index in [1.165, 1.54) is 13.2 Å². The highest BCUT2D eigenvalue weighted by molar-refractivity contribution is 5.81. The minimum Gasteiger partial charge on any atom is -0.497 e. The van der Waals surface area contributed by atoms with Gasteiger partial charge < -0.3 is 14.4 Å². The van der Waals surface area contributed by atoms with E-state index in [9.17, 15) is 9.18 Å². The molecule has 5 rings (SSSR count). The fraction of sp³-hybridized carbons (Fsp3) is 0.409. The zero-order valence-electron chi connectivity index (χ0n) is 15.8. The summed E-state index contributed by atoms with van der Waals surface area (Å²) in [6, 6.07) is 14.9. The second kappa shape index (κ2) is 6.57. The number of halogens is 1. The van der Waals surface area contributed by atoms with E-state index in [-0.39, 0.29) is 23.9 Å². The Balaban J connectivity index is 1.39. The van der Waals surface area contributed by atoms with Crippen LogP contribution in [-0.2, 0) is 16.1 Å². The molecule has 146 valence electrons. The first-order valence-corrected chi connectivity index (χ1v) is 9.70. The number of nitrogens with zero attached hydrogens (tertiary/aromatic N) is 2. The largest absolute Gasteiger partial charge is 0.497 e. The summed E-state index contributed by atoms with van der Waals surface area (Å²) in [5.41, 5.74) is 1.12. The lowest BCUT2D eigenvalue weighted by atomic mass is 10.1. The van der Waals surface area contributed by atoms with Crippen molar-refractivity contribution in [2.45, 2.75) is 37.3 Å². The first-order valence-electron chi connectivity index (χ1n) is 9.70. The van der Waals surface area contributed by atoms with Crippen LogP contribution >= 0.6 is 0 Å². The predicted octanol–water partition coefficient (Wildman–Crippen LogP) is 3.11. The normalized spacial score (nSPS) is 29.2. The zero-order chi connectivity index (χ0) is 19.3. The second-order valence-electron chi connectivity index (χ2n) is 7.76. The summed E-state index contributed by atoms with van der Waals surface area (Å²) in [7, 11) is 1.53. The molecule has 0 N–H and O–H groups in total. The Bertz CT molecular complexity index is 906. The molecule has 0 saturated carbocycles. The van der Waals surface area contributed by atoms with Crippen molar-refractivity contribution in [1.29, 1.82) is 0 Å². The highest BCUT2D eigenvalue weighted by Crippen LogP contribution is 2.50. The molecule has 0 unspecified atom stereocenters. The maximum absolute atomic E-state index is 14.4. The average Bonchev–Trinajstić information content (AvgIpc) is 3.33. The van der Waals surface area contributed by atoms with E-state index in [0.29, 0.717) is 30.8 Å². The van der Waals surface area contributed by atoms with Gasteiger partial charge in [-0.3, -0.25) is 9.69 Å². The van der Waals surface area contributed by atoms with Gasteiger partial charge in [0.15, 0.2) is 5.72 Å². The molecule has 0 bridgehead atoms. The van der Waals surface area contributed by atoms with Gasteiger partial charge in [-0.15, -0.1) is 0 Å². The van der Waals surface area contributed by atoms with Gasteiger partial charge in [0.2, 0.25) is 5.91 Å². The number of rotatable bonds is 4. The van der Waals surface area contributed by atoms with Crippen molar-refractivity contribution >= 4 is 5.91 Å². The zero-order valence-corrected chi connectivity index (χ0v) is 15.8. The summed E-state index contributed by atoms with van der Waals surface area (Å²) < 4.78 is 26.1. The van der Waals surface area contributed by atoms with Crippen LogP contribution in [0.2, 0.25) is 0 Å². The quantitative estimate of drug-likeness (QED) is 0.815. The Morgan fingerprint density at radius 1 is 1.25 bits per heavy atom. The number of methoxy groups -OCH3 is 1. The number of carbonyl (C=O) groups is 1. The third kappa shape index (κ3) is 2.63. The number of amides is 1. The molecule has 2 aromatic carbocycles. The molecule has 3 aliphatic rings. The van der Waals surface area contributed by atoms with Gasteiger partial charge in [0.25, 0.3) is 0 Å². The summed E-state index contributed by atoms with van der Waals surface area (Å²) >= 11 is 0. The van der Waals surface area contributed by atoms with E-state index >= 15 is 0 Å². The maximum Gasteiger partial charge on any atom is 0.226 e.